The van der Waals surface area contributed by atoms with Crippen LogP contribution in [0.3, 0.4) is 0 Å². The van der Waals surface area contributed by atoms with E-state index >= 15 is 0 Å². The molecule has 2 aromatic carbocycles. The van der Waals surface area contributed by atoms with Crippen molar-refractivity contribution < 1.29 is 9.18 Å². The summed E-state index contributed by atoms with van der Waals surface area (Å²) >= 11 is 0. The van der Waals surface area contributed by atoms with Gasteiger partial charge in [0.05, 0.1) is 6.04 Å². The molecule has 138 valence electrons. The Morgan fingerprint density at radius 1 is 1.04 bits per heavy atom. The van der Waals surface area contributed by atoms with Crippen LogP contribution < -0.4 is 5.32 Å². The van der Waals surface area contributed by atoms with Crippen LogP contribution in [-0.4, -0.2) is 22.0 Å². The van der Waals surface area contributed by atoms with Gasteiger partial charge in [0.1, 0.15) is 5.82 Å². The van der Waals surface area contributed by atoms with Crippen LogP contribution in [0.1, 0.15) is 28.4 Å². The van der Waals surface area contributed by atoms with Gasteiger partial charge in [-0.15, -0.1) is 0 Å². The van der Waals surface area contributed by atoms with E-state index in [0.29, 0.717) is 6.54 Å². The van der Waals surface area contributed by atoms with Crippen LogP contribution >= 0.6 is 0 Å². The third-order valence-corrected chi connectivity index (χ3v) is 5.24. The van der Waals surface area contributed by atoms with E-state index < -0.39 is 0 Å². The van der Waals surface area contributed by atoms with Crippen molar-refractivity contribution in [1.29, 1.82) is 0 Å². The van der Waals surface area contributed by atoms with Crippen molar-refractivity contribution >= 4 is 11.7 Å². The second-order valence-corrected chi connectivity index (χ2v) is 7.00. The zero-order chi connectivity index (χ0) is 19.0. The minimum absolute atomic E-state index is 0.153. The lowest BCUT2D eigenvalue weighted by molar-refractivity contribution is 0.182. The van der Waals surface area contributed by atoms with Gasteiger partial charge in [0.15, 0.2) is 0 Å². The number of halogens is 1. The molecule has 4 nitrogen and oxygen atoms in total. The molecule has 27 heavy (non-hydrogen) atoms. The largest absolute Gasteiger partial charge is 0.348 e. The molecule has 0 saturated carbocycles. The molecule has 0 saturated heterocycles. The molecule has 2 heterocycles. The summed E-state index contributed by atoms with van der Waals surface area (Å²) in [6.45, 7) is 5.39. The lowest BCUT2D eigenvalue weighted by atomic mass is 10.00. The standard InChI is InChI=1S/C22H22FN3O/c1-15-5-10-19(14-16(15)2)24-22(27)26-13-12-25-11-3-4-20(25)21(26)17-6-8-18(23)9-7-17/h3-11,14,21H,12-13H2,1-2H3,(H,24,27)/t21-/m0/s1. The second-order valence-electron chi connectivity index (χ2n) is 7.00. The highest BCUT2D eigenvalue weighted by Crippen LogP contribution is 2.33. The van der Waals surface area contributed by atoms with Gasteiger partial charge >= 0.3 is 6.03 Å². The van der Waals surface area contributed by atoms with E-state index in [1.54, 1.807) is 12.1 Å². The van der Waals surface area contributed by atoms with E-state index in [-0.39, 0.29) is 17.9 Å². The van der Waals surface area contributed by atoms with Gasteiger partial charge in [0.2, 0.25) is 0 Å². The van der Waals surface area contributed by atoms with Gasteiger partial charge in [0, 0.05) is 30.7 Å². The van der Waals surface area contributed by atoms with Gasteiger partial charge in [-0.1, -0.05) is 18.2 Å². The summed E-state index contributed by atoms with van der Waals surface area (Å²) in [7, 11) is 0. The SMILES string of the molecule is Cc1ccc(NC(=O)N2CCn3cccc3[C@@H]2c2ccc(F)cc2)cc1C. The van der Waals surface area contributed by atoms with Crippen LogP contribution in [0.15, 0.2) is 60.8 Å². The average Bonchev–Trinajstić information content (AvgIpc) is 3.13. The van der Waals surface area contributed by atoms with E-state index in [1.165, 1.54) is 17.7 Å². The quantitative estimate of drug-likeness (QED) is 0.692. The molecule has 0 radical (unpaired) electrons. The second kappa shape index (κ2) is 6.91. The number of benzene rings is 2. The predicted octanol–water partition coefficient (Wildman–Crippen LogP) is 4.88. The van der Waals surface area contributed by atoms with Crippen LogP contribution in [0, 0.1) is 19.7 Å². The first-order chi connectivity index (χ1) is 13.0. The first-order valence-corrected chi connectivity index (χ1v) is 9.08. The van der Waals surface area contributed by atoms with Crippen LogP contribution in [0.4, 0.5) is 14.9 Å². The van der Waals surface area contributed by atoms with E-state index in [0.717, 1.165) is 29.1 Å². The minimum Gasteiger partial charge on any atom is -0.348 e. The number of hydrogen-bond acceptors (Lipinski definition) is 1. The number of anilines is 1. The van der Waals surface area contributed by atoms with Gasteiger partial charge < -0.3 is 14.8 Å². The predicted molar refractivity (Wildman–Crippen MR) is 104 cm³/mol. The maximum Gasteiger partial charge on any atom is 0.322 e. The Morgan fingerprint density at radius 3 is 2.56 bits per heavy atom. The number of amides is 2. The monoisotopic (exact) mass is 363 g/mol. The number of carbonyl (C=O) groups is 1. The van der Waals surface area contributed by atoms with Gasteiger partial charge in [-0.05, 0) is 66.9 Å². The third-order valence-electron chi connectivity index (χ3n) is 5.24. The summed E-state index contributed by atoms with van der Waals surface area (Å²) in [5.74, 6) is -0.281. The molecule has 0 bridgehead atoms. The van der Waals surface area contributed by atoms with Crippen LogP contribution in [-0.2, 0) is 6.54 Å². The van der Waals surface area contributed by atoms with Crippen molar-refractivity contribution in [2.24, 2.45) is 0 Å². The Hall–Kier alpha value is -3.08. The number of nitrogens with one attached hydrogen (secondary N) is 1. The molecule has 0 unspecified atom stereocenters. The summed E-state index contributed by atoms with van der Waals surface area (Å²) < 4.78 is 15.6. The number of hydrogen-bond donors (Lipinski definition) is 1. The fourth-order valence-electron chi connectivity index (χ4n) is 3.61. The zero-order valence-electron chi connectivity index (χ0n) is 15.4. The summed E-state index contributed by atoms with van der Waals surface area (Å²) in [6.07, 6.45) is 2.02. The first kappa shape index (κ1) is 17.3. The minimum atomic E-state index is -0.281. The van der Waals surface area contributed by atoms with Crippen molar-refractivity contribution in [2.45, 2.75) is 26.4 Å². The highest BCUT2D eigenvalue weighted by Gasteiger charge is 2.32. The number of urea groups is 1. The van der Waals surface area contributed by atoms with Gasteiger partial charge in [-0.2, -0.15) is 0 Å². The smallest absolute Gasteiger partial charge is 0.322 e. The molecule has 1 aliphatic rings. The van der Waals surface area contributed by atoms with Gasteiger partial charge in [-0.3, -0.25) is 0 Å². The fraction of sp³-hybridized carbons (Fsp3) is 0.227. The number of aryl methyl sites for hydroxylation is 2. The summed E-state index contributed by atoms with van der Waals surface area (Å²) in [6, 6.07) is 15.9. The maximum atomic E-state index is 13.4. The maximum absolute atomic E-state index is 13.4. The van der Waals surface area contributed by atoms with Gasteiger partial charge in [0.25, 0.3) is 0 Å². The van der Waals surface area contributed by atoms with Crippen LogP contribution in [0.25, 0.3) is 0 Å². The summed E-state index contributed by atoms with van der Waals surface area (Å²) in [5, 5.41) is 3.02. The molecule has 0 spiro atoms. The van der Waals surface area contributed by atoms with Crippen LogP contribution in [0.5, 0.6) is 0 Å². The van der Waals surface area contributed by atoms with E-state index in [9.17, 15) is 9.18 Å². The Kier molecular flexibility index (Phi) is 4.44. The summed E-state index contributed by atoms with van der Waals surface area (Å²) in [5.41, 5.74) is 5.03. The Balaban J connectivity index is 1.66. The number of aromatic nitrogens is 1. The molecule has 1 aliphatic heterocycles. The van der Waals surface area contributed by atoms with Crippen molar-refractivity contribution in [3.05, 3.63) is 89.0 Å². The molecular weight excluding hydrogens is 341 g/mol. The van der Waals surface area contributed by atoms with Crippen LogP contribution in [0.2, 0.25) is 0 Å². The van der Waals surface area contributed by atoms with E-state index in [1.807, 2.05) is 55.3 Å². The van der Waals surface area contributed by atoms with Crippen molar-refractivity contribution in [3.63, 3.8) is 0 Å². The normalized spacial score (nSPS) is 16.1. The average molecular weight is 363 g/mol. The number of rotatable bonds is 2. The van der Waals surface area contributed by atoms with Crippen molar-refractivity contribution in [2.75, 3.05) is 11.9 Å². The lowest BCUT2D eigenvalue weighted by Gasteiger charge is -2.37. The third kappa shape index (κ3) is 3.33. The Bertz CT molecular complexity index is 977. The molecule has 0 aliphatic carbocycles. The first-order valence-electron chi connectivity index (χ1n) is 9.08. The van der Waals surface area contributed by atoms with Crippen molar-refractivity contribution in [3.8, 4) is 0 Å². The molecule has 1 atom stereocenters. The molecule has 1 aromatic heterocycles. The highest BCUT2D eigenvalue weighted by molar-refractivity contribution is 5.90. The number of carbonyl (C=O) groups excluding carboxylic acids is 1. The molecular formula is C22H22FN3O. The number of nitrogens with zero attached hydrogens (tertiary/aromatic N) is 2. The number of fused-ring (bicyclic) bond motifs is 1. The fourth-order valence-corrected chi connectivity index (χ4v) is 3.61. The van der Waals surface area contributed by atoms with E-state index in [2.05, 4.69) is 9.88 Å². The zero-order valence-corrected chi connectivity index (χ0v) is 15.4. The summed E-state index contributed by atoms with van der Waals surface area (Å²) in [4.78, 5) is 14.9. The van der Waals surface area contributed by atoms with Gasteiger partial charge in [-0.25, -0.2) is 9.18 Å². The lowest BCUT2D eigenvalue weighted by Crippen LogP contribution is -2.44. The Labute approximate surface area is 158 Å². The highest BCUT2D eigenvalue weighted by atomic mass is 19.1. The molecule has 3 aromatic rings. The molecule has 4 rings (SSSR count). The molecule has 0 fully saturated rings. The topological polar surface area (TPSA) is 37.3 Å². The Morgan fingerprint density at radius 2 is 1.81 bits per heavy atom. The van der Waals surface area contributed by atoms with E-state index in [4.69, 9.17) is 0 Å². The molecule has 5 heteroatoms. The molecule has 2 amide bonds. The van der Waals surface area contributed by atoms with Crippen molar-refractivity contribution in [1.82, 2.24) is 9.47 Å². The molecule has 1 N–H and O–H groups in total.